The van der Waals surface area contributed by atoms with Gasteiger partial charge in [0.2, 0.25) is 5.89 Å². The zero-order chi connectivity index (χ0) is 19.5. The van der Waals surface area contributed by atoms with Crippen LogP contribution in [0.15, 0.2) is 27.4 Å². The Labute approximate surface area is 162 Å². The Balaban J connectivity index is 1.57. The van der Waals surface area contributed by atoms with Crippen molar-refractivity contribution < 1.29 is 13.7 Å². The molecular weight excluding hydrogens is 360 g/mol. The number of amides is 1. The Hall–Kier alpha value is -3.10. The van der Waals surface area contributed by atoms with Crippen molar-refractivity contribution in [3.63, 3.8) is 0 Å². The quantitative estimate of drug-likeness (QED) is 0.661. The number of hydrogen-bond acceptors (Lipinski definition) is 8. The third kappa shape index (κ3) is 3.64. The Bertz CT molecular complexity index is 949. The Morgan fingerprint density at radius 3 is 2.93 bits per heavy atom. The predicted octanol–water partition coefficient (Wildman–Crippen LogP) is 3.14. The minimum Gasteiger partial charge on any atom is -0.417 e. The summed E-state index contributed by atoms with van der Waals surface area (Å²) in [6.45, 7) is 4.52. The van der Waals surface area contributed by atoms with Crippen molar-refractivity contribution in [3.05, 3.63) is 41.5 Å². The number of likely N-dealkylation sites (tertiary alicyclic amines) is 1. The Kier molecular flexibility index (Phi) is 5.14. The summed E-state index contributed by atoms with van der Waals surface area (Å²) in [5.41, 5.74) is 1.64. The summed E-state index contributed by atoms with van der Waals surface area (Å²) in [7, 11) is 0. The van der Waals surface area contributed by atoms with E-state index in [0.29, 0.717) is 29.7 Å². The van der Waals surface area contributed by atoms with Gasteiger partial charge < -0.3 is 13.8 Å². The van der Waals surface area contributed by atoms with Crippen LogP contribution >= 0.6 is 0 Å². The topological polar surface area (TPSA) is 111 Å². The van der Waals surface area contributed by atoms with Crippen molar-refractivity contribution >= 4 is 5.91 Å². The molecule has 0 N–H and O–H groups in total. The number of aryl methyl sites for hydroxylation is 2. The van der Waals surface area contributed by atoms with Crippen LogP contribution in [-0.2, 0) is 6.42 Å². The zero-order valence-electron chi connectivity index (χ0n) is 16.0. The number of hydrogen-bond donors (Lipinski definition) is 0. The summed E-state index contributed by atoms with van der Waals surface area (Å²) in [5.74, 6) is 1.25. The first-order valence-electron chi connectivity index (χ1n) is 9.54. The van der Waals surface area contributed by atoms with Crippen molar-refractivity contribution in [3.8, 4) is 11.6 Å². The molecule has 0 bridgehead atoms. The second-order valence-electron chi connectivity index (χ2n) is 6.93. The van der Waals surface area contributed by atoms with E-state index in [9.17, 15) is 4.79 Å². The molecule has 0 radical (unpaired) electrons. The summed E-state index contributed by atoms with van der Waals surface area (Å²) < 4.78 is 11.1. The number of carbonyl (C=O) groups is 1. The summed E-state index contributed by atoms with van der Waals surface area (Å²) in [5, 5.41) is 12.2. The average Bonchev–Trinajstić information content (AvgIpc) is 3.38. The van der Waals surface area contributed by atoms with Gasteiger partial charge in [-0.25, -0.2) is 4.98 Å². The fraction of sp³-hybridized carbons (Fsp3) is 0.474. The lowest BCUT2D eigenvalue weighted by Gasteiger charge is -2.32. The lowest BCUT2D eigenvalue weighted by Crippen LogP contribution is -2.38. The van der Waals surface area contributed by atoms with Gasteiger partial charge in [-0.05, 0) is 32.6 Å². The van der Waals surface area contributed by atoms with E-state index in [1.807, 2.05) is 6.92 Å². The lowest BCUT2D eigenvalue weighted by molar-refractivity contribution is 0.0562. The third-order valence-electron chi connectivity index (χ3n) is 4.76. The number of piperidine rings is 1. The monoisotopic (exact) mass is 382 g/mol. The standard InChI is InChI=1S/C19H22N6O3/c1-3-6-13-9-14(24-28-13)19(26)25-8-5-4-7-16(25)18-23-22-17(27-18)15-11-20-12(2)10-21-15/h9-11,16H,3-8H2,1-2H3/t16-/m1/s1. The first kappa shape index (κ1) is 18.3. The van der Waals surface area contributed by atoms with Gasteiger partial charge in [0.15, 0.2) is 5.69 Å². The van der Waals surface area contributed by atoms with Crippen LogP contribution in [0.5, 0.6) is 0 Å². The Morgan fingerprint density at radius 1 is 1.25 bits per heavy atom. The van der Waals surface area contributed by atoms with Gasteiger partial charge in [0.05, 0.1) is 11.9 Å². The van der Waals surface area contributed by atoms with Crippen molar-refractivity contribution in [1.82, 2.24) is 30.2 Å². The van der Waals surface area contributed by atoms with Gasteiger partial charge in [0.1, 0.15) is 17.5 Å². The summed E-state index contributed by atoms with van der Waals surface area (Å²) in [6.07, 6.45) is 7.60. The predicted molar refractivity (Wildman–Crippen MR) is 98.2 cm³/mol. The molecule has 1 amide bonds. The maximum atomic E-state index is 13.0. The second-order valence-corrected chi connectivity index (χ2v) is 6.93. The molecular formula is C19H22N6O3. The molecule has 146 valence electrons. The van der Waals surface area contributed by atoms with E-state index >= 15 is 0 Å². The normalized spacial score (nSPS) is 17.1. The fourth-order valence-corrected chi connectivity index (χ4v) is 3.33. The largest absolute Gasteiger partial charge is 0.417 e. The van der Waals surface area contributed by atoms with Crippen LogP contribution in [0, 0.1) is 6.92 Å². The molecule has 9 nitrogen and oxygen atoms in total. The van der Waals surface area contributed by atoms with Gasteiger partial charge in [-0.3, -0.25) is 9.78 Å². The number of aromatic nitrogens is 5. The van der Waals surface area contributed by atoms with E-state index in [4.69, 9.17) is 8.94 Å². The van der Waals surface area contributed by atoms with Crippen LogP contribution < -0.4 is 0 Å². The first-order chi connectivity index (χ1) is 13.7. The highest BCUT2D eigenvalue weighted by Crippen LogP contribution is 2.32. The van der Waals surface area contributed by atoms with Crippen LogP contribution in [0.4, 0.5) is 0 Å². The third-order valence-corrected chi connectivity index (χ3v) is 4.76. The van der Waals surface area contributed by atoms with Gasteiger partial charge in [-0.2, -0.15) is 0 Å². The van der Waals surface area contributed by atoms with E-state index in [-0.39, 0.29) is 11.9 Å². The molecule has 4 heterocycles. The molecule has 0 saturated carbocycles. The van der Waals surface area contributed by atoms with E-state index in [2.05, 4.69) is 32.2 Å². The molecule has 1 aliphatic heterocycles. The molecule has 1 fully saturated rings. The maximum absolute atomic E-state index is 13.0. The van der Waals surface area contributed by atoms with Crippen LogP contribution in [0.25, 0.3) is 11.6 Å². The van der Waals surface area contributed by atoms with Crippen molar-refractivity contribution in [2.75, 3.05) is 6.54 Å². The molecule has 1 aliphatic rings. The average molecular weight is 382 g/mol. The van der Waals surface area contributed by atoms with Crippen molar-refractivity contribution in [2.24, 2.45) is 0 Å². The molecule has 4 rings (SSSR count). The van der Waals surface area contributed by atoms with Crippen LogP contribution in [0.3, 0.4) is 0 Å². The van der Waals surface area contributed by atoms with E-state index in [0.717, 1.165) is 43.6 Å². The molecule has 3 aromatic rings. The summed E-state index contributed by atoms with van der Waals surface area (Å²) >= 11 is 0. The molecule has 3 aromatic heterocycles. The van der Waals surface area contributed by atoms with E-state index < -0.39 is 0 Å². The molecule has 0 spiro atoms. The van der Waals surface area contributed by atoms with Crippen LogP contribution in [-0.4, -0.2) is 42.7 Å². The Morgan fingerprint density at radius 2 is 2.14 bits per heavy atom. The first-order valence-corrected chi connectivity index (χ1v) is 9.54. The van der Waals surface area contributed by atoms with Gasteiger partial charge in [0.25, 0.3) is 11.8 Å². The molecule has 28 heavy (non-hydrogen) atoms. The highest BCUT2D eigenvalue weighted by Gasteiger charge is 2.34. The highest BCUT2D eigenvalue weighted by atomic mass is 16.5. The van der Waals surface area contributed by atoms with E-state index in [1.165, 1.54) is 0 Å². The molecule has 0 aromatic carbocycles. The second kappa shape index (κ2) is 7.87. The molecule has 1 atom stereocenters. The molecule has 0 unspecified atom stereocenters. The van der Waals surface area contributed by atoms with Crippen molar-refractivity contribution in [2.45, 2.75) is 52.0 Å². The summed E-state index contributed by atoms with van der Waals surface area (Å²) in [4.78, 5) is 23.2. The number of nitrogens with zero attached hydrogens (tertiary/aromatic N) is 6. The number of carbonyl (C=O) groups excluding carboxylic acids is 1. The van der Waals surface area contributed by atoms with Crippen LogP contribution in [0.1, 0.15) is 66.5 Å². The van der Waals surface area contributed by atoms with Gasteiger partial charge in [0, 0.05) is 25.2 Å². The maximum Gasteiger partial charge on any atom is 0.276 e. The van der Waals surface area contributed by atoms with Gasteiger partial charge >= 0.3 is 0 Å². The zero-order valence-corrected chi connectivity index (χ0v) is 16.0. The minimum absolute atomic E-state index is 0.175. The highest BCUT2D eigenvalue weighted by molar-refractivity contribution is 5.92. The van der Waals surface area contributed by atoms with Crippen LogP contribution in [0.2, 0.25) is 0 Å². The fourth-order valence-electron chi connectivity index (χ4n) is 3.33. The number of rotatable bonds is 5. The minimum atomic E-state index is -0.285. The van der Waals surface area contributed by atoms with Gasteiger partial charge in [-0.1, -0.05) is 12.1 Å². The van der Waals surface area contributed by atoms with E-state index in [1.54, 1.807) is 23.4 Å². The van der Waals surface area contributed by atoms with Gasteiger partial charge in [-0.15, -0.1) is 10.2 Å². The smallest absolute Gasteiger partial charge is 0.276 e. The molecule has 1 saturated heterocycles. The van der Waals surface area contributed by atoms with Crippen molar-refractivity contribution in [1.29, 1.82) is 0 Å². The summed E-state index contributed by atoms with van der Waals surface area (Å²) in [6, 6.07) is 1.44. The lowest BCUT2D eigenvalue weighted by atomic mass is 10.0. The molecule has 0 aliphatic carbocycles. The SMILES string of the molecule is CCCc1cc(C(=O)N2CCCC[C@@H]2c2nnc(-c3cnc(C)cn3)o2)no1. The molecule has 9 heteroatoms.